The predicted octanol–water partition coefficient (Wildman–Crippen LogP) is 5.69. The number of carbonyl (C=O) groups excluding carboxylic acids is 2. The lowest BCUT2D eigenvalue weighted by Crippen LogP contribution is -2.50. The molecular weight excluding hydrogens is 416 g/mol. The molecule has 2 aromatic rings. The third-order valence-corrected chi connectivity index (χ3v) is 5.43. The molecule has 0 unspecified atom stereocenters. The second kappa shape index (κ2) is 9.73. The maximum atomic E-state index is 12.4. The summed E-state index contributed by atoms with van der Waals surface area (Å²) >= 11 is 0. The molecule has 33 heavy (non-hydrogen) atoms. The Morgan fingerprint density at radius 3 is 1.70 bits per heavy atom. The quantitative estimate of drug-likeness (QED) is 0.628. The Labute approximate surface area is 197 Å². The standard InChI is InChI=1S/C26H36N4O3/c1-25(2,3)19-7-9-20(10-8-19)27-23(31)28-21-11-13-22(14-12-21)29-15-17-30(18-16-29)24(32)33-26(4,5)6/h7-14H,15-18H2,1-6H3,(H2,27,28,31). The Morgan fingerprint density at radius 2 is 1.24 bits per heavy atom. The van der Waals surface area contributed by atoms with E-state index in [1.54, 1.807) is 4.90 Å². The number of nitrogens with one attached hydrogen (secondary N) is 2. The van der Waals surface area contributed by atoms with Crippen molar-refractivity contribution in [3.8, 4) is 0 Å². The predicted molar refractivity (Wildman–Crippen MR) is 134 cm³/mol. The SMILES string of the molecule is CC(C)(C)OC(=O)N1CCN(c2ccc(NC(=O)Nc3ccc(C(C)(C)C)cc3)cc2)CC1. The highest BCUT2D eigenvalue weighted by molar-refractivity contribution is 5.99. The van der Waals surface area contributed by atoms with Crippen molar-refractivity contribution in [2.75, 3.05) is 41.7 Å². The van der Waals surface area contributed by atoms with Gasteiger partial charge in [0.15, 0.2) is 0 Å². The lowest BCUT2D eigenvalue weighted by molar-refractivity contribution is 0.0240. The molecule has 3 amide bonds. The van der Waals surface area contributed by atoms with E-state index in [0.29, 0.717) is 13.1 Å². The third kappa shape index (κ3) is 7.14. The summed E-state index contributed by atoms with van der Waals surface area (Å²) in [6, 6.07) is 15.4. The van der Waals surface area contributed by atoms with Gasteiger partial charge in [-0.05, 0) is 68.1 Å². The molecular formula is C26H36N4O3. The lowest BCUT2D eigenvalue weighted by Gasteiger charge is -2.36. The van der Waals surface area contributed by atoms with Gasteiger partial charge >= 0.3 is 12.1 Å². The monoisotopic (exact) mass is 452 g/mol. The van der Waals surface area contributed by atoms with Crippen molar-refractivity contribution >= 4 is 29.2 Å². The highest BCUT2D eigenvalue weighted by Gasteiger charge is 2.26. The molecule has 2 N–H and O–H groups in total. The fourth-order valence-electron chi connectivity index (χ4n) is 3.58. The zero-order valence-corrected chi connectivity index (χ0v) is 20.6. The van der Waals surface area contributed by atoms with Crippen LogP contribution in [0, 0.1) is 0 Å². The van der Waals surface area contributed by atoms with Crippen LogP contribution in [0.1, 0.15) is 47.1 Å². The van der Waals surface area contributed by atoms with Gasteiger partial charge in [-0.25, -0.2) is 9.59 Å². The van der Waals surface area contributed by atoms with E-state index in [-0.39, 0.29) is 17.5 Å². The van der Waals surface area contributed by atoms with Gasteiger partial charge in [0.2, 0.25) is 0 Å². The summed E-state index contributed by atoms with van der Waals surface area (Å²) in [5.41, 5.74) is 3.33. The molecule has 1 saturated heterocycles. The molecule has 1 aliphatic rings. The summed E-state index contributed by atoms with van der Waals surface area (Å²) in [5.74, 6) is 0. The first-order valence-electron chi connectivity index (χ1n) is 11.4. The number of anilines is 3. The normalized spacial score (nSPS) is 14.6. The molecule has 178 valence electrons. The molecule has 0 aliphatic carbocycles. The van der Waals surface area contributed by atoms with E-state index in [1.807, 2.05) is 69.3 Å². The Morgan fingerprint density at radius 1 is 0.758 bits per heavy atom. The van der Waals surface area contributed by atoms with E-state index in [1.165, 1.54) is 5.56 Å². The molecule has 0 spiro atoms. The maximum Gasteiger partial charge on any atom is 0.410 e. The van der Waals surface area contributed by atoms with Crippen LogP contribution in [0.25, 0.3) is 0 Å². The highest BCUT2D eigenvalue weighted by atomic mass is 16.6. The molecule has 1 heterocycles. The Hall–Kier alpha value is -3.22. The molecule has 0 aromatic heterocycles. The smallest absolute Gasteiger partial charge is 0.410 e. The fourth-order valence-corrected chi connectivity index (χ4v) is 3.58. The van der Waals surface area contributed by atoms with E-state index >= 15 is 0 Å². The summed E-state index contributed by atoms with van der Waals surface area (Å²) in [6.07, 6.45) is -0.263. The summed E-state index contributed by atoms with van der Waals surface area (Å²) in [7, 11) is 0. The van der Waals surface area contributed by atoms with E-state index in [9.17, 15) is 9.59 Å². The van der Waals surface area contributed by atoms with Crippen LogP contribution in [-0.2, 0) is 10.2 Å². The van der Waals surface area contributed by atoms with Crippen LogP contribution in [0.5, 0.6) is 0 Å². The summed E-state index contributed by atoms with van der Waals surface area (Å²) in [4.78, 5) is 28.6. The topological polar surface area (TPSA) is 73.9 Å². The van der Waals surface area contributed by atoms with Crippen LogP contribution in [-0.4, -0.2) is 48.8 Å². The number of rotatable bonds is 3. The zero-order chi connectivity index (χ0) is 24.2. The molecule has 0 saturated carbocycles. The first-order valence-corrected chi connectivity index (χ1v) is 11.4. The summed E-state index contributed by atoms with van der Waals surface area (Å²) in [6.45, 7) is 14.8. The van der Waals surface area contributed by atoms with Crippen molar-refractivity contribution < 1.29 is 14.3 Å². The number of carbonyl (C=O) groups is 2. The largest absolute Gasteiger partial charge is 0.444 e. The zero-order valence-electron chi connectivity index (χ0n) is 20.6. The number of amides is 3. The van der Waals surface area contributed by atoms with Gasteiger partial charge in [0, 0.05) is 43.2 Å². The van der Waals surface area contributed by atoms with Gasteiger partial charge in [-0.2, -0.15) is 0 Å². The molecule has 3 rings (SSSR count). The van der Waals surface area contributed by atoms with Crippen molar-refractivity contribution in [3.05, 3.63) is 54.1 Å². The number of benzene rings is 2. The van der Waals surface area contributed by atoms with Crippen LogP contribution < -0.4 is 15.5 Å². The Balaban J connectivity index is 1.49. The first kappa shape index (κ1) is 24.4. The number of piperazine rings is 1. The average Bonchev–Trinajstić information content (AvgIpc) is 2.73. The second-order valence-corrected chi connectivity index (χ2v) is 10.4. The minimum atomic E-state index is -0.487. The van der Waals surface area contributed by atoms with Gasteiger partial charge in [-0.3, -0.25) is 0 Å². The lowest BCUT2D eigenvalue weighted by atomic mass is 9.87. The maximum absolute atomic E-state index is 12.4. The van der Waals surface area contributed by atoms with Gasteiger partial charge in [0.1, 0.15) is 5.60 Å². The number of ether oxygens (including phenoxy) is 1. The minimum Gasteiger partial charge on any atom is -0.444 e. The highest BCUT2D eigenvalue weighted by Crippen LogP contribution is 2.24. The van der Waals surface area contributed by atoms with Gasteiger partial charge in [-0.1, -0.05) is 32.9 Å². The molecule has 0 radical (unpaired) electrons. The molecule has 1 fully saturated rings. The van der Waals surface area contributed by atoms with Crippen molar-refractivity contribution in [3.63, 3.8) is 0 Å². The first-order chi connectivity index (χ1) is 15.4. The van der Waals surface area contributed by atoms with Crippen molar-refractivity contribution in [2.45, 2.75) is 52.6 Å². The summed E-state index contributed by atoms with van der Waals surface area (Å²) in [5, 5.41) is 5.74. The fraction of sp³-hybridized carbons (Fsp3) is 0.462. The number of hydrogen-bond donors (Lipinski definition) is 2. The average molecular weight is 453 g/mol. The molecule has 0 atom stereocenters. The van der Waals surface area contributed by atoms with E-state index in [4.69, 9.17) is 4.74 Å². The van der Waals surface area contributed by atoms with Crippen molar-refractivity contribution in [1.82, 2.24) is 4.90 Å². The Kier molecular flexibility index (Phi) is 7.20. The molecule has 0 bridgehead atoms. The van der Waals surface area contributed by atoms with Gasteiger partial charge in [0.05, 0.1) is 0 Å². The Bertz CT molecular complexity index is 949. The van der Waals surface area contributed by atoms with Crippen LogP contribution in [0.4, 0.5) is 26.7 Å². The molecule has 7 heteroatoms. The van der Waals surface area contributed by atoms with Gasteiger partial charge in [0.25, 0.3) is 0 Å². The van der Waals surface area contributed by atoms with Crippen LogP contribution in [0.2, 0.25) is 0 Å². The van der Waals surface area contributed by atoms with Crippen LogP contribution >= 0.6 is 0 Å². The van der Waals surface area contributed by atoms with E-state index < -0.39 is 5.60 Å². The van der Waals surface area contributed by atoms with Gasteiger partial charge in [-0.15, -0.1) is 0 Å². The minimum absolute atomic E-state index is 0.0743. The second-order valence-electron chi connectivity index (χ2n) is 10.4. The molecule has 7 nitrogen and oxygen atoms in total. The number of hydrogen-bond acceptors (Lipinski definition) is 4. The molecule has 2 aromatic carbocycles. The van der Waals surface area contributed by atoms with Crippen molar-refractivity contribution in [1.29, 1.82) is 0 Å². The van der Waals surface area contributed by atoms with Crippen LogP contribution in [0.3, 0.4) is 0 Å². The number of urea groups is 1. The summed E-state index contributed by atoms with van der Waals surface area (Å²) < 4.78 is 5.46. The van der Waals surface area contributed by atoms with Crippen LogP contribution in [0.15, 0.2) is 48.5 Å². The van der Waals surface area contributed by atoms with Crippen molar-refractivity contribution in [2.24, 2.45) is 0 Å². The number of nitrogens with zero attached hydrogens (tertiary/aromatic N) is 2. The van der Waals surface area contributed by atoms with Gasteiger partial charge < -0.3 is 25.2 Å². The molecule has 1 aliphatic heterocycles. The van der Waals surface area contributed by atoms with E-state index in [0.717, 1.165) is 30.2 Å². The third-order valence-electron chi connectivity index (χ3n) is 5.43. The van der Waals surface area contributed by atoms with E-state index in [2.05, 4.69) is 36.3 Å².